The number of phenols is 1. The third-order valence-electron chi connectivity index (χ3n) is 7.70. The summed E-state index contributed by atoms with van der Waals surface area (Å²) < 4.78 is 12.8. The Morgan fingerprint density at radius 3 is 2.51 bits per heavy atom. The molecule has 6 rings (SSSR count). The van der Waals surface area contributed by atoms with Crippen LogP contribution in [0.4, 0.5) is 0 Å². The minimum Gasteiger partial charge on any atom is -0.508 e. The SMILES string of the molecule is O=C(CCn1cnc2ccccc2c1=O)N1CCCc2cc3c(cc2CCc2cc(ccc2O)CC1)OCO3. The first kappa shape index (κ1) is 25.0. The molecule has 200 valence electrons. The van der Waals surface area contributed by atoms with Gasteiger partial charge in [0.25, 0.3) is 5.56 Å². The van der Waals surface area contributed by atoms with Crippen molar-refractivity contribution in [2.45, 2.75) is 45.1 Å². The van der Waals surface area contributed by atoms with Gasteiger partial charge in [-0.1, -0.05) is 24.3 Å². The zero-order valence-corrected chi connectivity index (χ0v) is 21.8. The second-order valence-electron chi connectivity index (χ2n) is 10.2. The number of phenolic OH excluding ortho intramolecular Hbond substituents is 1. The molecule has 0 radical (unpaired) electrons. The summed E-state index contributed by atoms with van der Waals surface area (Å²) in [5, 5.41) is 11.1. The third-order valence-corrected chi connectivity index (χ3v) is 7.70. The minimum atomic E-state index is -0.134. The van der Waals surface area contributed by atoms with Crippen molar-refractivity contribution in [1.82, 2.24) is 14.5 Å². The van der Waals surface area contributed by atoms with Crippen LogP contribution in [0.25, 0.3) is 10.9 Å². The van der Waals surface area contributed by atoms with Crippen LogP contribution in [0.3, 0.4) is 0 Å². The number of carbonyl (C=O) groups excluding carboxylic acids is 1. The highest BCUT2D eigenvalue weighted by atomic mass is 16.7. The van der Waals surface area contributed by atoms with Crippen LogP contribution in [0, 0.1) is 0 Å². The van der Waals surface area contributed by atoms with Crippen molar-refractivity contribution in [1.29, 1.82) is 0 Å². The summed E-state index contributed by atoms with van der Waals surface area (Å²) in [6, 6.07) is 17.1. The van der Waals surface area contributed by atoms with Crippen LogP contribution in [-0.4, -0.2) is 45.3 Å². The summed E-state index contributed by atoms with van der Waals surface area (Å²) in [6.07, 6.45) is 5.53. The van der Waals surface area contributed by atoms with Gasteiger partial charge in [-0.2, -0.15) is 0 Å². The summed E-state index contributed by atoms with van der Waals surface area (Å²) >= 11 is 0. The van der Waals surface area contributed by atoms with Gasteiger partial charge in [0.2, 0.25) is 12.7 Å². The highest BCUT2D eigenvalue weighted by Gasteiger charge is 2.20. The number of carbonyl (C=O) groups is 1. The molecule has 0 spiro atoms. The lowest BCUT2D eigenvalue weighted by Crippen LogP contribution is -2.35. The number of rotatable bonds is 3. The maximum Gasteiger partial charge on any atom is 0.261 e. The molecule has 0 fully saturated rings. The van der Waals surface area contributed by atoms with Crippen molar-refractivity contribution in [3.05, 3.63) is 93.5 Å². The Morgan fingerprint density at radius 1 is 0.897 bits per heavy atom. The molecule has 3 aromatic carbocycles. The Balaban J connectivity index is 1.23. The van der Waals surface area contributed by atoms with Gasteiger partial charge in [-0.15, -0.1) is 0 Å². The van der Waals surface area contributed by atoms with E-state index < -0.39 is 0 Å². The largest absolute Gasteiger partial charge is 0.508 e. The van der Waals surface area contributed by atoms with Gasteiger partial charge in [0.05, 0.1) is 17.2 Å². The lowest BCUT2D eigenvalue weighted by Gasteiger charge is -2.23. The van der Waals surface area contributed by atoms with E-state index in [1.807, 2.05) is 35.2 Å². The van der Waals surface area contributed by atoms with E-state index in [1.54, 1.807) is 12.1 Å². The molecule has 0 aliphatic carbocycles. The van der Waals surface area contributed by atoms with E-state index in [4.69, 9.17) is 9.47 Å². The van der Waals surface area contributed by atoms with Crippen LogP contribution >= 0.6 is 0 Å². The molecule has 1 N–H and O–H groups in total. The fraction of sp³-hybridized carbons (Fsp3) is 0.323. The van der Waals surface area contributed by atoms with Gasteiger partial charge in [-0.25, -0.2) is 4.98 Å². The zero-order valence-electron chi connectivity index (χ0n) is 21.8. The summed E-state index contributed by atoms with van der Waals surface area (Å²) in [6.45, 7) is 1.69. The first-order chi connectivity index (χ1) is 19.0. The van der Waals surface area contributed by atoms with Crippen LogP contribution in [0.2, 0.25) is 0 Å². The molecule has 8 nitrogen and oxygen atoms in total. The summed E-state index contributed by atoms with van der Waals surface area (Å²) in [5.41, 5.74) is 4.85. The molecule has 4 aromatic rings. The van der Waals surface area contributed by atoms with Gasteiger partial charge >= 0.3 is 0 Å². The average Bonchev–Trinajstić information content (AvgIpc) is 3.41. The number of fused-ring (bicyclic) bond motifs is 5. The van der Waals surface area contributed by atoms with Crippen LogP contribution in [0.1, 0.15) is 35.1 Å². The number of aryl methyl sites for hydroxylation is 4. The quantitative estimate of drug-likeness (QED) is 0.434. The molecule has 0 saturated heterocycles. The van der Waals surface area contributed by atoms with Gasteiger partial charge < -0.3 is 19.5 Å². The van der Waals surface area contributed by atoms with Crippen molar-refractivity contribution < 1.29 is 19.4 Å². The molecule has 2 aliphatic rings. The Kier molecular flexibility index (Phi) is 6.92. The Hall–Kier alpha value is -4.33. The third kappa shape index (κ3) is 5.32. The standard InChI is InChI=1S/C31H31N3O5/c35-27-10-7-21-11-14-33(30(36)12-15-34-19-32-26-6-2-1-5-25(26)31(34)37)13-3-4-22-17-28-29(39-20-38-28)18-23(22)8-9-24(27)16-21/h1-2,5-7,10,16-19,35H,3-4,8-9,11-15,20H2. The number of aromatic nitrogens is 2. The van der Waals surface area contributed by atoms with Crippen LogP contribution in [0.5, 0.6) is 17.2 Å². The number of benzene rings is 3. The highest BCUT2D eigenvalue weighted by molar-refractivity contribution is 5.77. The maximum absolute atomic E-state index is 13.4. The summed E-state index contributed by atoms with van der Waals surface area (Å²) in [7, 11) is 0. The Bertz CT molecular complexity index is 1600. The molecular formula is C31H31N3O5. The Labute approximate surface area is 226 Å². The number of nitrogens with zero attached hydrogens (tertiary/aromatic N) is 3. The number of ether oxygens (including phenoxy) is 2. The van der Waals surface area contributed by atoms with Crippen LogP contribution in [-0.2, 0) is 37.0 Å². The molecule has 0 atom stereocenters. The van der Waals surface area contributed by atoms with E-state index in [0.717, 1.165) is 41.9 Å². The molecule has 2 bridgehead atoms. The van der Waals surface area contributed by atoms with Crippen LogP contribution < -0.4 is 15.0 Å². The van der Waals surface area contributed by atoms with E-state index in [2.05, 4.69) is 17.1 Å². The van der Waals surface area contributed by atoms with Crippen molar-refractivity contribution in [3.63, 3.8) is 0 Å². The molecule has 0 saturated carbocycles. The van der Waals surface area contributed by atoms with Gasteiger partial charge in [0.15, 0.2) is 11.5 Å². The second kappa shape index (κ2) is 10.8. The lowest BCUT2D eigenvalue weighted by molar-refractivity contribution is -0.131. The maximum atomic E-state index is 13.4. The first-order valence-electron chi connectivity index (χ1n) is 13.5. The van der Waals surface area contributed by atoms with Crippen LogP contribution in [0.15, 0.2) is 65.7 Å². The molecule has 39 heavy (non-hydrogen) atoms. The fourth-order valence-electron chi connectivity index (χ4n) is 5.48. The monoisotopic (exact) mass is 525 g/mol. The molecule has 1 aromatic heterocycles. The minimum absolute atomic E-state index is 0.00911. The zero-order chi connectivity index (χ0) is 26.8. The van der Waals surface area contributed by atoms with E-state index in [1.165, 1.54) is 22.0 Å². The van der Waals surface area contributed by atoms with E-state index in [9.17, 15) is 14.7 Å². The number of amides is 1. The van der Waals surface area contributed by atoms with E-state index >= 15 is 0 Å². The normalized spacial score (nSPS) is 15.2. The second-order valence-corrected chi connectivity index (χ2v) is 10.2. The highest BCUT2D eigenvalue weighted by Crippen LogP contribution is 2.36. The average molecular weight is 526 g/mol. The summed E-state index contributed by atoms with van der Waals surface area (Å²) in [5.74, 6) is 1.81. The number of hydrogen-bond donors (Lipinski definition) is 1. The van der Waals surface area contributed by atoms with Crippen molar-refractivity contribution in [2.24, 2.45) is 0 Å². The number of aromatic hydroxyl groups is 1. The van der Waals surface area contributed by atoms with Crippen molar-refractivity contribution in [3.8, 4) is 17.2 Å². The lowest BCUT2D eigenvalue weighted by atomic mass is 9.95. The van der Waals surface area contributed by atoms with Gasteiger partial charge in [0, 0.05) is 26.1 Å². The molecule has 1 amide bonds. The first-order valence-corrected chi connectivity index (χ1v) is 13.5. The van der Waals surface area contributed by atoms with E-state index in [0.29, 0.717) is 42.6 Å². The molecular weight excluding hydrogens is 494 g/mol. The number of para-hydroxylation sites is 1. The van der Waals surface area contributed by atoms with Gasteiger partial charge in [0.1, 0.15) is 5.75 Å². The number of hydrogen-bond acceptors (Lipinski definition) is 6. The molecule has 8 heteroatoms. The predicted molar refractivity (Wildman–Crippen MR) is 147 cm³/mol. The molecule has 3 heterocycles. The molecule has 0 unspecified atom stereocenters. The topological polar surface area (TPSA) is 93.9 Å². The molecule has 2 aliphatic heterocycles. The van der Waals surface area contributed by atoms with E-state index in [-0.39, 0.29) is 31.2 Å². The van der Waals surface area contributed by atoms with Crippen molar-refractivity contribution >= 4 is 16.8 Å². The smallest absolute Gasteiger partial charge is 0.261 e. The Morgan fingerprint density at radius 2 is 1.67 bits per heavy atom. The summed E-state index contributed by atoms with van der Waals surface area (Å²) in [4.78, 5) is 32.6. The predicted octanol–water partition coefficient (Wildman–Crippen LogP) is 4.02. The van der Waals surface area contributed by atoms with Crippen molar-refractivity contribution in [2.75, 3.05) is 19.9 Å². The van der Waals surface area contributed by atoms with Gasteiger partial charge in [-0.3, -0.25) is 14.2 Å². The fourth-order valence-corrected chi connectivity index (χ4v) is 5.48. The van der Waals surface area contributed by atoms with Gasteiger partial charge in [-0.05, 0) is 84.7 Å².